The molecule has 1 N–H and O–H groups in total. The maximum Gasteiger partial charge on any atom is 0.331 e. The Labute approximate surface area is 103 Å². The molecule has 1 heterocycles. The second-order valence-corrected chi connectivity index (χ2v) is 4.54. The molecule has 0 atom stereocenters. The number of para-hydroxylation sites is 1. The van der Waals surface area contributed by atoms with Crippen LogP contribution in [0, 0.1) is 0 Å². The maximum atomic E-state index is 10.8. The van der Waals surface area contributed by atoms with Crippen LogP contribution in [-0.2, 0) is 4.79 Å². The molecule has 0 bridgehead atoms. The van der Waals surface area contributed by atoms with E-state index in [1.165, 1.54) is 0 Å². The van der Waals surface area contributed by atoms with Gasteiger partial charge in [0.05, 0.1) is 5.69 Å². The Morgan fingerprint density at radius 3 is 2.69 bits per heavy atom. The first-order valence-corrected chi connectivity index (χ1v) is 5.89. The number of aliphatic carboxylic acids is 1. The Balaban J connectivity index is 2.16. The summed E-state index contributed by atoms with van der Waals surface area (Å²) in [6.45, 7) is 1.41. The number of halogens is 1. The fourth-order valence-corrected chi connectivity index (χ4v) is 2.33. The molecular formula is C12H12BrNO2. The van der Waals surface area contributed by atoms with E-state index in [4.69, 9.17) is 5.11 Å². The highest BCUT2D eigenvalue weighted by Crippen LogP contribution is 2.27. The van der Waals surface area contributed by atoms with Crippen molar-refractivity contribution in [2.24, 2.45) is 0 Å². The number of hydrogen-bond donors (Lipinski definition) is 1. The molecule has 0 unspecified atom stereocenters. The molecule has 1 aliphatic heterocycles. The molecule has 0 fully saturated rings. The molecule has 84 valence electrons. The second-order valence-electron chi connectivity index (χ2n) is 3.68. The summed E-state index contributed by atoms with van der Waals surface area (Å²) in [6, 6.07) is 7.97. The summed E-state index contributed by atoms with van der Waals surface area (Å²) in [5, 5.41) is 8.85. The first kappa shape index (κ1) is 11.2. The van der Waals surface area contributed by atoms with Crippen molar-refractivity contribution < 1.29 is 9.90 Å². The third-order valence-corrected chi connectivity index (χ3v) is 3.35. The van der Waals surface area contributed by atoms with Crippen molar-refractivity contribution in [2.75, 3.05) is 18.0 Å². The lowest BCUT2D eigenvalue weighted by Gasteiger charge is -2.28. The molecule has 16 heavy (non-hydrogen) atoms. The fraction of sp³-hybridized carbons (Fsp3) is 0.250. The molecule has 0 saturated carbocycles. The van der Waals surface area contributed by atoms with Gasteiger partial charge in [-0.2, -0.15) is 0 Å². The third-order valence-electron chi connectivity index (χ3n) is 2.68. The van der Waals surface area contributed by atoms with Gasteiger partial charge in [0.1, 0.15) is 0 Å². The van der Waals surface area contributed by atoms with Gasteiger partial charge in [-0.1, -0.05) is 18.2 Å². The molecule has 0 radical (unpaired) electrons. The van der Waals surface area contributed by atoms with E-state index in [9.17, 15) is 4.79 Å². The molecule has 0 spiro atoms. The lowest BCUT2D eigenvalue weighted by Crippen LogP contribution is -2.30. The predicted octanol–water partition coefficient (Wildman–Crippen LogP) is 2.67. The molecule has 0 saturated heterocycles. The van der Waals surface area contributed by atoms with Gasteiger partial charge in [-0.05, 0) is 34.5 Å². The van der Waals surface area contributed by atoms with Crippen molar-refractivity contribution in [3.8, 4) is 0 Å². The molecule has 0 amide bonds. The van der Waals surface area contributed by atoms with Gasteiger partial charge in [0.2, 0.25) is 0 Å². The lowest BCUT2D eigenvalue weighted by atomic mass is 10.1. The van der Waals surface area contributed by atoms with Crippen LogP contribution in [-0.4, -0.2) is 24.2 Å². The summed E-state index contributed by atoms with van der Waals surface area (Å²) in [5.74, 6) is -0.799. The van der Waals surface area contributed by atoms with E-state index < -0.39 is 5.97 Å². The number of anilines is 1. The summed E-state index contributed by atoms with van der Waals surface area (Å²) in [5.41, 5.74) is 1.63. The van der Waals surface area contributed by atoms with Crippen molar-refractivity contribution in [1.29, 1.82) is 0 Å². The Bertz CT molecular complexity index is 442. The first-order valence-electron chi connectivity index (χ1n) is 5.10. The third kappa shape index (κ3) is 2.27. The number of carboxylic acid groups (broad SMARTS) is 1. The number of rotatable bonds is 2. The highest BCUT2D eigenvalue weighted by atomic mass is 79.9. The largest absolute Gasteiger partial charge is 0.478 e. The van der Waals surface area contributed by atoms with E-state index in [0.717, 1.165) is 16.7 Å². The van der Waals surface area contributed by atoms with Crippen LogP contribution in [0.25, 0.3) is 0 Å². The Kier molecular flexibility index (Phi) is 3.29. The molecule has 3 nitrogen and oxygen atoms in total. The normalized spacial score (nSPS) is 15.8. The minimum Gasteiger partial charge on any atom is -0.478 e. The smallest absolute Gasteiger partial charge is 0.331 e. The fourth-order valence-electron chi connectivity index (χ4n) is 1.79. The van der Waals surface area contributed by atoms with Crippen molar-refractivity contribution in [1.82, 2.24) is 0 Å². The lowest BCUT2D eigenvalue weighted by molar-refractivity contribution is -0.132. The Hall–Kier alpha value is -1.29. The van der Waals surface area contributed by atoms with Crippen LogP contribution in [0.3, 0.4) is 0 Å². The monoisotopic (exact) mass is 281 g/mol. The van der Waals surface area contributed by atoms with E-state index in [2.05, 4.69) is 20.8 Å². The zero-order valence-electron chi connectivity index (χ0n) is 8.69. The van der Waals surface area contributed by atoms with E-state index in [1.54, 1.807) is 6.08 Å². The summed E-state index contributed by atoms with van der Waals surface area (Å²) in [6.07, 6.45) is 2.38. The highest BCUT2D eigenvalue weighted by Gasteiger charge is 2.17. The zero-order valence-corrected chi connectivity index (χ0v) is 10.3. The standard InChI is InChI=1S/C12H12BrNO2/c13-10-3-1-2-4-11(10)14-7-5-9(6-8-14)12(15)16/h1-5H,6-8H2,(H,15,16). The van der Waals surface area contributed by atoms with Crippen molar-refractivity contribution in [2.45, 2.75) is 6.42 Å². The summed E-state index contributed by atoms with van der Waals surface area (Å²) >= 11 is 3.50. The van der Waals surface area contributed by atoms with Gasteiger partial charge in [-0.3, -0.25) is 0 Å². The number of benzene rings is 1. The van der Waals surface area contributed by atoms with E-state index >= 15 is 0 Å². The quantitative estimate of drug-likeness (QED) is 0.906. The summed E-state index contributed by atoms with van der Waals surface area (Å²) in [4.78, 5) is 12.9. The van der Waals surface area contributed by atoms with Crippen LogP contribution < -0.4 is 4.90 Å². The van der Waals surface area contributed by atoms with Gasteiger partial charge in [0, 0.05) is 23.1 Å². The van der Waals surface area contributed by atoms with Crippen molar-refractivity contribution in [3.63, 3.8) is 0 Å². The van der Waals surface area contributed by atoms with Gasteiger partial charge in [-0.25, -0.2) is 4.79 Å². The molecule has 0 aromatic heterocycles. The van der Waals surface area contributed by atoms with Crippen LogP contribution in [0.1, 0.15) is 6.42 Å². The molecule has 2 rings (SSSR count). The zero-order chi connectivity index (χ0) is 11.5. The molecule has 0 aliphatic carbocycles. The van der Waals surface area contributed by atoms with Gasteiger partial charge in [0.25, 0.3) is 0 Å². The minimum atomic E-state index is -0.799. The molecule has 4 heteroatoms. The summed E-state index contributed by atoms with van der Waals surface area (Å²) < 4.78 is 1.04. The molecule has 1 aromatic rings. The SMILES string of the molecule is O=C(O)C1=CCN(c2ccccc2Br)CC1. The average Bonchev–Trinajstić information content (AvgIpc) is 2.30. The maximum absolute atomic E-state index is 10.8. The molecular weight excluding hydrogens is 270 g/mol. The Morgan fingerprint density at radius 1 is 1.38 bits per heavy atom. The van der Waals surface area contributed by atoms with E-state index in [-0.39, 0.29) is 0 Å². The van der Waals surface area contributed by atoms with Crippen LogP contribution in [0.5, 0.6) is 0 Å². The van der Waals surface area contributed by atoms with Gasteiger partial charge in [0.15, 0.2) is 0 Å². The van der Waals surface area contributed by atoms with Crippen molar-refractivity contribution in [3.05, 3.63) is 40.4 Å². The predicted molar refractivity (Wildman–Crippen MR) is 66.7 cm³/mol. The van der Waals surface area contributed by atoms with Gasteiger partial charge < -0.3 is 10.0 Å². The van der Waals surface area contributed by atoms with E-state index in [0.29, 0.717) is 18.5 Å². The number of nitrogens with zero attached hydrogens (tertiary/aromatic N) is 1. The average molecular weight is 282 g/mol. The number of hydrogen-bond acceptors (Lipinski definition) is 2. The number of carbonyl (C=O) groups is 1. The van der Waals surface area contributed by atoms with Crippen LogP contribution in [0.2, 0.25) is 0 Å². The Morgan fingerprint density at radius 2 is 2.12 bits per heavy atom. The second kappa shape index (κ2) is 4.70. The van der Waals surface area contributed by atoms with E-state index in [1.807, 2.05) is 24.3 Å². The van der Waals surface area contributed by atoms with Crippen molar-refractivity contribution >= 4 is 27.6 Å². The molecule has 1 aliphatic rings. The molecule has 1 aromatic carbocycles. The van der Waals surface area contributed by atoms with Crippen LogP contribution >= 0.6 is 15.9 Å². The van der Waals surface area contributed by atoms with Gasteiger partial charge >= 0.3 is 5.97 Å². The van der Waals surface area contributed by atoms with Crippen LogP contribution in [0.4, 0.5) is 5.69 Å². The minimum absolute atomic E-state index is 0.517. The topological polar surface area (TPSA) is 40.5 Å². The number of carboxylic acids is 1. The highest BCUT2D eigenvalue weighted by molar-refractivity contribution is 9.10. The summed E-state index contributed by atoms with van der Waals surface area (Å²) in [7, 11) is 0. The first-order chi connectivity index (χ1) is 7.68. The van der Waals surface area contributed by atoms with Gasteiger partial charge in [-0.15, -0.1) is 0 Å². The van der Waals surface area contributed by atoms with Crippen LogP contribution in [0.15, 0.2) is 40.4 Å².